The van der Waals surface area contributed by atoms with Gasteiger partial charge in [0.15, 0.2) is 0 Å². The number of hydrogen-bond acceptors (Lipinski definition) is 0. The number of halogens is 1. The van der Waals surface area contributed by atoms with Crippen molar-refractivity contribution in [3.63, 3.8) is 0 Å². The van der Waals surface area contributed by atoms with Gasteiger partial charge in [-0.1, -0.05) is 72.3 Å². The SMILES string of the molecule is Clc1ccc2ccc3cccc4c5ccccc5c1c2c34. The van der Waals surface area contributed by atoms with E-state index in [1.165, 1.54) is 43.1 Å². The van der Waals surface area contributed by atoms with E-state index >= 15 is 0 Å². The molecule has 5 aromatic carbocycles. The second kappa shape index (κ2) is 3.87. The smallest absolute Gasteiger partial charge is 0.0491 e. The molecule has 0 radical (unpaired) electrons. The summed E-state index contributed by atoms with van der Waals surface area (Å²) in [6.07, 6.45) is 0. The van der Waals surface area contributed by atoms with Gasteiger partial charge in [-0.25, -0.2) is 0 Å². The Labute approximate surface area is 126 Å². The van der Waals surface area contributed by atoms with Crippen molar-refractivity contribution in [3.8, 4) is 0 Å². The summed E-state index contributed by atoms with van der Waals surface area (Å²) in [6.45, 7) is 0. The fourth-order valence-corrected chi connectivity index (χ4v) is 3.85. The van der Waals surface area contributed by atoms with Crippen LogP contribution in [-0.2, 0) is 0 Å². The standard InChI is InChI=1S/C20H11Cl/c21-17-11-10-13-9-8-12-4-3-7-15-14-5-1-2-6-16(14)20(17)19(13)18(12)15/h1-11H. The minimum Gasteiger partial charge on any atom is -0.0836 e. The summed E-state index contributed by atoms with van der Waals surface area (Å²) in [7, 11) is 0. The van der Waals surface area contributed by atoms with E-state index in [4.69, 9.17) is 11.6 Å². The molecular weight excluding hydrogens is 276 g/mol. The highest BCUT2D eigenvalue weighted by Gasteiger charge is 2.14. The normalized spacial score (nSPS) is 12.0. The van der Waals surface area contributed by atoms with Gasteiger partial charge in [-0.15, -0.1) is 0 Å². The first-order valence-electron chi connectivity index (χ1n) is 7.08. The number of benzene rings is 5. The van der Waals surface area contributed by atoms with Crippen molar-refractivity contribution in [2.24, 2.45) is 0 Å². The quantitative estimate of drug-likeness (QED) is 0.228. The van der Waals surface area contributed by atoms with Crippen molar-refractivity contribution < 1.29 is 0 Å². The molecule has 0 aliphatic heterocycles. The number of hydrogen-bond donors (Lipinski definition) is 0. The Morgan fingerprint density at radius 1 is 0.476 bits per heavy atom. The van der Waals surface area contributed by atoms with E-state index < -0.39 is 0 Å². The Bertz CT molecular complexity index is 1140. The van der Waals surface area contributed by atoms with E-state index in [1.807, 2.05) is 6.07 Å². The summed E-state index contributed by atoms with van der Waals surface area (Å²) in [4.78, 5) is 0. The molecule has 0 saturated heterocycles. The predicted octanol–water partition coefficient (Wildman–Crippen LogP) is 6.39. The molecule has 0 heterocycles. The van der Waals surface area contributed by atoms with Crippen molar-refractivity contribution in [2.45, 2.75) is 0 Å². The maximum absolute atomic E-state index is 6.56. The van der Waals surface area contributed by atoms with Gasteiger partial charge in [0.1, 0.15) is 0 Å². The highest BCUT2D eigenvalue weighted by atomic mass is 35.5. The van der Waals surface area contributed by atoms with Crippen LogP contribution in [-0.4, -0.2) is 0 Å². The summed E-state index contributed by atoms with van der Waals surface area (Å²) in [5, 5.41) is 11.0. The van der Waals surface area contributed by atoms with E-state index in [0.29, 0.717) is 0 Å². The third kappa shape index (κ3) is 1.36. The molecule has 0 unspecified atom stereocenters. The topological polar surface area (TPSA) is 0 Å². The van der Waals surface area contributed by atoms with Gasteiger partial charge in [0.25, 0.3) is 0 Å². The summed E-state index contributed by atoms with van der Waals surface area (Å²) in [5.74, 6) is 0. The van der Waals surface area contributed by atoms with Gasteiger partial charge in [0.05, 0.1) is 0 Å². The second-order valence-electron chi connectivity index (χ2n) is 5.54. The fourth-order valence-electron chi connectivity index (χ4n) is 3.59. The summed E-state index contributed by atoms with van der Waals surface area (Å²) in [6, 6.07) is 23.6. The molecule has 1 heteroatoms. The lowest BCUT2D eigenvalue weighted by molar-refractivity contribution is 1.78. The minimum absolute atomic E-state index is 0.831. The molecule has 0 N–H and O–H groups in total. The monoisotopic (exact) mass is 286 g/mol. The van der Waals surface area contributed by atoms with Crippen LogP contribution in [0.3, 0.4) is 0 Å². The lowest BCUT2D eigenvalue weighted by atomic mass is 9.89. The third-order valence-corrected chi connectivity index (χ3v) is 4.78. The maximum atomic E-state index is 6.56. The molecule has 0 aliphatic rings. The average Bonchev–Trinajstić information content (AvgIpc) is 2.54. The molecule has 21 heavy (non-hydrogen) atoms. The lowest BCUT2D eigenvalue weighted by Gasteiger charge is -2.15. The van der Waals surface area contributed by atoms with Gasteiger partial charge in [-0.2, -0.15) is 0 Å². The highest BCUT2D eigenvalue weighted by molar-refractivity contribution is 6.43. The molecule has 0 aromatic heterocycles. The molecule has 5 aromatic rings. The molecule has 5 rings (SSSR count). The van der Waals surface area contributed by atoms with Crippen LogP contribution in [0, 0.1) is 0 Å². The van der Waals surface area contributed by atoms with Crippen LogP contribution in [0.5, 0.6) is 0 Å². The molecule has 0 nitrogen and oxygen atoms in total. The van der Waals surface area contributed by atoms with Crippen LogP contribution in [0.25, 0.3) is 43.1 Å². The Hall–Kier alpha value is -2.31. The van der Waals surface area contributed by atoms with Gasteiger partial charge < -0.3 is 0 Å². The molecule has 0 aliphatic carbocycles. The molecule has 0 saturated carbocycles. The molecule has 0 amide bonds. The fraction of sp³-hybridized carbons (Fsp3) is 0. The van der Waals surface area contributed by atoms with Crippen molar-refractivity contribution in [2.75, 3.05) is 0 Å². The summed E-state index contributed by atoms with van der Waals surface area (Å²) >= 11 is 6.56. The van der Waals surface area contributed by atoms with Crippen molar-refractivity contribution in [3.05, 3.63) is 71.8 Å². The van der Waals surface area contributed by atoms with Gasteiger partial charge in [0.2, 0.25) is 0 Å². The lowest BCUT2D eigenvalue weighted by Crippen LogP contribution is -1.87. The van der Waals surface area contributed by atoms with E-state index in [1.54, 1.807) is 0 Å². The van der Waals surface area contributed by atoms with E-state index in [2.05, 4.69) is 60.7 Å². The van der Waals surface area contributed by atoms with Gasteiger partial charge in [-0.05, 0) is 43.8 Å². The van der Waals surface area contributed by atoms with E-state index in [-0.39, 0.29) is 0 Å². The molecule has 0 spiro atoms. The van der Waals surface area contributed by atoms with Gasteiger partial charge in [0, 0.05) is 10.4 Å². The van der Waals surface area contributed by atoms with Crippen LogP contribution in [0.4, 0.5) is 0 Å². The van der Waals surface area contributed by atoms with Gasteiger partial charge in [-0.3, -0.25) is 0 Å². The van der Waals surface area contributed by atoms with Crippen LogP contribution >= 0.6 is 11.6 Å². The van der Waals surface area contributed by atoms with Crippen LogP contribution in [0.15, 0.2) is 66.7 Å². The number of rotatable bonds is 0. The highest BCUT2D eigenvalue weighted by Crippen LogP contribution is 2.42. The first-order valence-corrected chi connectivity index (χ1v) is 7.46. The minimum atomic E-state index is 0.831. The molecule has 0 bridgehead atoms. The molecule has 0 fully saturated rings. The molecular formula is C20H11Cl. The zero-order valence-electron chi connectivity index (χ0n) is 11.2. The Kier molecular flexibility index (Phi) is 2.09. The third-order valence-electron chi connectivity index (χ3n) is 4.46. The summed E-state index contributed by atoms with van der Waals surface area (Å²) in [5.41, 5.74) is 0. The molecule has 98 valence electrons. The largest absolute Gasteiger partial charge is 0.0836 e. The van der Waals surface area contributed by atoms with Crippen LogP contribution in [0.2, 0.25) is 5.02 Å². The maximum Gasteiger partial charge on any atom is 0.0491 e. The number of fused-ring (bicyclic) bond motifs is 3. The zero-order valence-corrected chi connectivity index (χ0v) is 12.0. The van der Waals surface area contributed by atoms with Crippen LogP contribution in [0.1, 0.15) is 0 Å². The molecule has 0 atom stereocenters. The average molecular weight is 287 g/mol. The second-order valence-corrected chi connectivity index (χ2v) is 5.94. The Morgan fingerprint density at radius 2 is 1.10 bits per heavy atom. The van der Waals surface area contributed by atoms with E-state index in [9.17, 15) is 0 Å². The van der Waals surface area contributed by atoms with Crippen molar-refractivity contribution in [1.82, 2.24) is 0 Å². The van der Waals surface area contributed by atoms with Gasteiger partial charge >= 0.3 is 0 Å². The zero-order chi connectivity index (χ0) is 14.0. The Balaban J connectivity index is 2.34. The van der Waals surface area contributed by atoms with Crippen molar-refractivity contribution in [1.29, 1.82) is 0 Å². The van der Waals surface area contributed by atoms with Crippen LogP contribution < -0.4 is 0 Å². The first kappa shape index (κ1) is 11.4. The van der Waals surface area contributed by atoms with E-state index in [0.717, 1.165) is 5.02 Å². The summed E-state index contributed by atoms with van der Waals surface area (Å²) < 4.78 is 0. The Morgan fingerprint density at radius 3 is 1.95 bits per heavy atom. The predicted molar refractivity (Wildman–Crippen MR) is 92.7 cm³/mol. The first-order chi connectivity index (χ1) is 10.3. The van der Waals surface area contributed by atoms with Crippen molar-refractivity contribution >= 4 is 54.7 Å².